The summed E-state index contributed by atoms with van der Waals surface area (Å²) in [4.78, 5) is 25.8. The number of hydrogen-bond acceptors (Lipinski definition) is 6. The van der Waals surface area contributed by atoms with Crippen LogP contribution in [0.5, 0.6) is 23.0 Å². The number of methoxy groups -OCH3 is 2. The molecule has 8 heteroatoms. The normalized spacial score (nSPS) is 12.8. The van der Waals surface area contributed by atoms with Crippen molar-refractivity contribution in [3.8, 4) is 23.0 Å². The van der Waals surface area contributed by atoms with Gasteiger partial charge in [0.1, 0.15) is 17.5 Å². The van der Waals surface area contributed by atoms with E-state index < -0.39 is 11.9 Å². The van der Waals surface area contributed by atoms with Gasteiger partial charge in [-0.05, 0) is 65.7 Å². The fraction of sp³-hybridized carbons (Fsp3) is 0.154. The lowest BCUT2D eigenvalue weighted by Crippen LogP contribution is -2.36. The van der Waals surface area contributed by atoms with Gasteiger partial charge in [-0.1, -0.05) is 18.2 Å². The fourth-order valence-corrected chi connectivity index (χ4v) is 3.36. The first-order valence-corrected chi connectivity index (χ1v) is 10.5. The first-order chi connectivity index (χ1) is 16.6. The van der Waals surface area contributed by atoms with Crippen molar-refractivity contribution < 1.29 is 28.5 Å². The molecule has 1 atom stereocenters. The smallest absolute Gasteiger partial charge is 0.251 e. The number of carbonyl (C=O) groups excluding carboxylic acids is 2. The van der Waals surface area contributed by atoms with Crippen molar-refractivity contribution >= 4 is 23.6 Å². The fourth-order valence-electron chi connectivity index (χ4n) is 3.36. The lowest BCUT2D eigenvalue weighted by molar-refractivity contribution is -0.123. The van der Waals surface area contributed by atoms with Crippen LogP contribution in [0.2, 0.25) is 0 Å². The molecule has 3 aromatic carbocycles. The highest BCUT2D eigenvalue weighted by atomic mass is 16.7. The van der Waals surface area contributed by atoms with Crippen LogP contribution < -0.4 is 29.6 Å². The maximum atomic E-state index is 13.1. The molecule has 1 aliphatic rings. The van der Waals surface area contributed by atoms with Crippen LogP contribution in [0.25, 0.3) is 6.08 Å². The van der Waals surface area contributed by atoms with Gasteiger partial charge in [0.15, 0.2) is 11.5 Å². The number of hydrogen-bond donors (Lipinski definition) is 2. The van der Waals surface area contributed by atoms with Crippen LogP contribution in [0.4, 0.5) is 5.69 Å². The maximum Gasteiger partial charge on any atom is 0.251 e. The van der Waals surface area contributed by atoms with Crippen molar-refractivity contribution in [2.24, 2.45) is 0 Å². The highest BCUT2D eigenvalue weighted by molar-refractivity contribution is 6.00. The second-order valence-electron chi connectivity index (χ2n) is 7.38. The number of anilines is 1. The van der Waals surface area contributed by atoms with E-state index >= 15 is 0 Å². The summed E-state index contributed by atoms with van der Waals surface area (Å²) in [5.74, 6) is 1.79. The summed E-state index contributed by atoms with van der Waals surface area (Å²) in [7, 11) is 3.13. The number of amides is 2. The third kappa shape index (κ3) is 5.47. The molecule has 3 aromatic rings. The van der Waals surface area contributed by atoms with Gasteiger partial charge in [-0.25, -0.2) is 0 Å². The van der Waals surface area contributed by atoms with Crippen LogP contribution in [0.3, 0.4) is 0 Å². The van der Waals surface area contributed by atoms with Crippen molar-refractivity contribution in [2.45, 2.75) is 6.04 Å². The van der Waals surface area contributed by atoms with E-state index in [1.54, 1.807) is 81.0 Å². The van der Waals surface area contributed by atoms with E-state index in [2.05, 4.69) is 10.6 Å². The molecule has 0 saturated heterocycles. The molecule has 0 bridgehead atoms. The Bertz CT molecular complexity index is 1190. The van der Waals surface area contributed by atoms with Gasteiger partial charge in [-0.2, -0.15) is 0 Å². The number of fused-ring (bicyclic) bond motifs is 1. The third-order valence-electron chi connectivity index (χ3n) is 5.18. The predicted octanol–water partition coefficient (Wildman–Crippen LogP) is 3.94. The number of ether oxygens (including phenoxy) is 4. The lowest BCUT2D eigenvalue weighted by Gasteiger charge is -2.18. The first kappa shape index (κ1) is 22.7. The minimum atomic E-state index is -0.929. The lowest BCUT2D eigenvalue weighted by atomic mass is 10.1. The highest BCUT2D eigenvalue weighted by Crippen LogP contribution is 2.32. The zero-order valence-corrected chi connectivity index (χ0v) is 18.7. The second kappa shape index (κ2) is 10.4. The Morgan fingerprint density at radius 2 is 1.53 bits per heavy atom. The summed E-state index contributed by atoms with van der Waals surface area (Å²) < 4.78 is 21.0. The molecule has 0 aliphatic carbocycles. The Kier molecular flexibility index (Phi) is 6.98. The molecule has 0 saturated carbocycles. The molecule has 2 amide bonds. The van der Waals surface area contributed by atoms with Gasteiger partial charge >= 0.3 is 0 Å². The summed E-state index contributed by atoms with van der Waals surface area (Å²) >= 11 is 0. The maximum absolute atomic E-state index is 13.1. The van der Waals surface area contributed by atoms with E-state index in [4.69, 9.17) is 18.9 Å². The van der Waals surface area contributed by atoms with E-state index in [1.807, 2.05) is 6.07 Å². The molecular formula is C26H24N2O6. The molecule has 0 unspecified atom stereocenters. The van der Waals surface area contributed by atoms with Crippen LogP contribution in [-0.4, -0.2) is 32.8 Å². The van der Waals surface area contributed by atoms with Crippen molar-refractivity contribution in [3.63, 3.8) is 0 Å². The molecule has 34 heavy (non-hydrogen) atoms. The molecular weight excluding hydrogens is 436 g/mol. The largest absolute Gasteiger partial charge is 0.497 e. The SMILES string of the molecule is COc1ccc(NC(=O)[C@@H](NC(=O)/C=C/c2ccc3c(c2)OCO3)c2ccc(OC)cc2)cc1. The minimum Gasteiger partial charge on any atom is -0.497 e. The highest BCUT2D eigenvalue weighted by Gasteiger charge is 2.22. The van der Waals surface area contributed by atoms with E-state index in [0.717, 1.165) is 5.56 Å². The van der Waals surface area contributed by atoms with Gasteiger partial charge in [-0.3, -0.25) is 9.59 Å². The van der Waals surface area contributed by atoms with E-state index in [-0.39, 0.29) is 12.7 Å². The summed E-state index contributed by atoms with van der Waals surface area (Å²) in [6.45, 7) is 0.176. The van der Waals surface area contributed by atoms with Crippen LogP contribution in [0, 0.1) is 0 Å². The Balaban J connectivity index is 1.50. The predicted molar refractivity (Wildman–Crippen MR) is 127 cm³/mol. The molecule has 0 spiro atoms. The number of rotatable bonds is 8. The standard InChI is InChI=1S/C26H24N2O6/c1-31-20-9-5-18(6-10-20)25(26(30)27-19-7-11-21(32-2)12-8-19)28-24(29)14-4-17-3-13-22-23(15-17)34-16-33-22/h3-15,25H,16H2,1-2H3,(H,27,30)(H,28,29)/b14-4+/t25-/m0/s1. The molecule has 4 rings (SSSR count). The molecule has 1 aliphatic heterocycles. The first-order valence-electron chi connectivity index (χ1n) is 10.5. The number of benzene rings is 3. The Morgan fingerprint density at radius 1 is 0.882 bits per heavy atom. The quantitative estimate of drug-likeness (QED) is 0.495. The molecule has 0 aromatic heterocycles. The van der Waals surface area contributed by atoms with Crippen molar-refractivity contribution in [1.82, 2.24) is 5.32 Å². The third-order valence-corrected chi connectivity index (χ3v) is 5.18. The van der Waals surface area contributed by atoms with Gasteiger partial charge in [0.25, 0.3) is 5.91 Å². The van der Waals surface area contributed by atoms with E-state index in [0.29, 0.717) is 34.2 Å². The van der Waals surface area contributed by atoms with E-state index in [9.17, 15) is 9.59 Å². The summed E-state index contributed by atoms with van der Waals surface area (Å²) in [5.41, 5.74) is 1.95. The van der Waals surface area contributed by atoms with Gasteiger partial charge < -0.3 is 29.6 Å². The molecule has 8 nitrogen and oxygen atoms in total. The van der Waals surface area contributed by atoms with Gasteiger partial charge in [-0.15, -0.1) is 0 Å². The van der Waals surface area contributed by atoms with Crippen LogP contribution in [-0.2, 0) is 9.59 Å². The number of carbonyl (C=O) groups is 2. The topological polar surface area (TPSA) is 95.1 Å². The zero-order chi connectivity index (χ0) is 23.9. The summed E-state index contributed by atoms with van der Waals surface area (Å²) in [6.07, 6.45) is 3.01. The molecule has 0 radical (unpaired) electrons. The Morgan fingerprint density at radius 3 is 2.21 bits per heavy atom. The number of nitrogens with one attached hydrogen (secondary N) is 2. The van der Waals surface area contributed by atoms with Gasteiger partial charge in [0, 0.05) is 11.8 Å². The second-order valence-corrected chi connectivity index (χ2v) is 7.38. The van der Waals surface area contributed by atoms with Gasteiger partial charge in [0.05, 0.1) is 14.2 Å². The minimum absolute atomic E-state index is 0.176. The zero-order valence-electron chi connectivity index (χ0n) is 18.7. The van der Waals surface area contributed by atoms with Crippen molar-refractivity contribution in [2.75, 3.05) is 26.3 Å². The Hall–Kier alpha value is -4.46. The van der Waals surface area contributed by atoms with Crippen molar-refractivity contribution in [3.05, 3.63) is 83.9 Å². The molecule has 174 valence electrons. The van der Waals surface area contributed by atoms with Crippen LogP contribution >= 0.6 is 0 Å². The van der Waals surface area contributed by atoms with Crippen molar-refractivity contribution in [1.29, 1.82) is 0 Å². The molecule has 0 fully saturated rings. The summed E-state index contributed by atoms with van der Waals surface area (Å²) in [6, 6.07) is 18.3. The van der Waals surface area contributed by atoms with Crippen LogP contribution in [0.1, 0.15) is 17.2 Å². The summed E-state index contributed by atoms with van der Waals surface area (Å²) in [5, 5.41) is 5.61. The van der Waals surface area contributed by atoms with E-state index in [1.165, 1.54) is 6.08 Å². The van der Waals surface area contributed by atoms with Crippen LogP contribution in [0.15, 0.2) is 72.8 Å². The molecule has 2 N–H and O–H groups in total. The Labute approximate surface area is 197 Å². The average Bonchev–Trinajstić information content (AvgIpc) is 3.34. The monoisotopic (exact) mass is 460 g/mol. The average molecular weight is 460 g/mol. The molecule has 1 heterocycles. The van der Waals surface area contributed by atoms with Gasteiger partial charge in [0.2, 0.25) is 12.7 Å².